The molecule has 0 unspecified atom stereocenters. The predicted octanol–water partition coefficient (Wildman–Crippen LogP) is 3.72. The Balaban J connectivity index is 1.52. The van der Waals surface area contributed by atoms with Crippen LogP contribution < -0.4 is 4.74 Å². The molecule has 0 radical (unpaired) electrons. The lowest BCUT2D eigenvalue weighted by Crippen LogP contribution is -2.03. The van der Waals surface area contributed by atoms with E-state index < -0.39 is 11.8 Å². The second-order valence-corrected chi connectivity index (χ2v) is 6.75. The van der Waals surface area contributed by atoms with Crippen LogP contribution in [0.1, 0.15) is 28.1 Å². The second-order valence-electron chi connectivity index (χ2n) is 6.75. The Morgan fingerprint density at radius 2 is 1.90 bits per heavy atom. The van der Waals surface area contributed by atoms with Gasteiger partial charge in [-0.25, -0.2) is 24.3 Å². The van der Waals surface area contributed by atoms with Crippen LogP contribution in [0.2, 0.25) is 0 Å². The molecule has 4 aromatic heterocycles. The molecule has 0 aliphatic rings. The third kappa shape index (κ3) is 3.91. The van der Waals surface area contributed by atoms with E-state index >= 15 is 0 Å². The Morgan fingerprint density at radius 1 is 1.03 bits per heavy atom. The SMILES string of the molecule is COc1ncc(F)cc1CCc1ccc(Cc2c[nH]c3ncnc(C)c23)c(F)n1. The van der Waals surface area contributed by atoms with E-state index in [0.717, 1.165) is 28.5 Å². The van der Waals surface area contributed by atoms with Crippen LogP contribution in [0.25, 0.3) is 11.0 Å². The number of aromatic nitrogens is 5. The molecule has 4 rings (SSSR count). The van der Waals surface area contributed by atoms with Gasteiger partial charge in [-0.3, -0.25) is 0 Å². The number of halogens is 2. The lowest BCUT2D eigenvalue weighted by Gasteiger charge is -2.08. The van der Waals surface area contributed by atoms with Crippen molar-refractivity contribution >= 4 is 11.0 Å². The van der Waals surface area contributed by atoms with E-state index in [9.17, 15) is 8.78 Å². The van der Waals surface area contributed by atoms with Crippen molar-refractivity contribution in [3.8, 4) is 5.88 Å². The molecule has 0 aliphatic heterocycles. The maximum Gasteiger partial charge on any atom is 0.216 e. The van der Waals surface area contributed by atoms with Gasteiger partial charge in [0.25, 0.3) is 0 Å². The number of nitrogens with one attached hydrogen (secondary N) is 1. The van der Waals surface area contributed by atoms with Crippen LogP contribution >= 0.6 is 0 Å². The number of ether oxygens (including phenoxy) is 1. The highest BCUT2D eigenvalue weighted by Gasteiger charge is 2.13. The molecule has 0 aromatic carbocycles. The van der Waals surface area contributed by atoms with Crippen molar-refractivity contribution in [2.45, 2.75) is 26.2 Å². The summed E-state index contributed by atoms with van der Waals surface area (Å²) in [7, 11) is 1.48. The number of rotatable bonds is 6. The van der Waals surface area contributed by atoms with Crippen LogP contribution in [0.3, 0.4) is 0 Å². The largest absolute Gasteiger partial charge is 0.481 e. The highest BCUT2D eigenvalue weighted by Crippen LogP contribution is 2.23. The number of nitrogens with zero attached hydrogens (tertiary/aromatic N) is 4. The van der Waals surface area contributed by atoms with Crippen molar-refractivity contribution in [2.75, 3.05) is 7.11 Å². The summed E-state index contributed by atoms with van der Waals surface area (Å²) >= 11 is 0. The van der Waals surface area contributed by atoms with Crippen molar-refractivity contribution < 1.29 is 13.5 Å². The van der Waals surface area contributed by atoms with Crippen molar-refractivity contribution in [3.63, 3.8) is 0 Å². The van der Waals surface area contributed by atoms with Gasteiger partial charge >= 0.3 is 0 Å². The number of aromatic amines is 1. The Bertz CT molecular complexity index is 1180. The molecule has 0 saturated carbocycles. The van der Waals surface area contributed by atoms with Gasteiger partial charge in [0, 0.05) is 34.8 Å². The molecular weight excluding hydrogens is 376 g/mol. The molecule has 0 saturated heterocycles. The smallest absolute Gasteiger partial charge is 0.216 e. The van der Waals surface area contributed by atoms with Gasteiger partial charge in [0.15, 0.2) is 0 Å². The lowest BCUT2D eigenvalue weighted by molar-refractivity contribution is 0.390. The topological polar surface area (TPSA) is 76.6 Å². The first-order chi connectivity index (χ1) is 14.0. The molecule has 0 amide bonds. The van der Waals surface area contributed by atoms with Gasteiger partial charge in [-0.05, 0) is 37.5 Å². The Hall–Kier alpha value is -3.42. The van der Waals surface area contributed by atoms with E-state index in [-0.39, 0.29) is 0 Å². The summed E-state index contributed by atoms with van der Waals surface area (Å²) in [6, 6.07) is 4.89. The molecule has 0 spiro atoms. The van der Waals surface area contributed by atoms with Gasteiger partial charge in [-0.2, -0.15) is 4.39 Å². The molecular formula is C21H19F2N5O. The van der Waals surface area contributed by atoms with Crippen molar-refractivity contribution in [2.24, 2.45) is 0 Å². The quantitative estimate of drug-likeness (QED) is 0.504. The zero-order valence-corrected chi connectivity index (χ0v) is 16.0. The monoisotopic (exact) mass is 395 g/mol. The standard InChI is InChI=1S/C21H19F2N5O/c1-12-18-15(9-24-20(18)27-11-26-12)7-13-3-5-17(28-19(13)23)6-4-14-8-16(22)10-25-21(14)29-2/h3,5,8-11H,4,6-7H2,1-2H3,(H,24,26,27). The molecule has 8 heteroatoms. The van der Waals surface area contributed by atoms with E-state index in [1.54, 1.807) is 12.1 Å². The highest BCUT2D eigenvalue weighted by atomic mass is 19.1. The zero-order chi connectivity index (χ0) is 20.4. The Labute approximate surface area is 166 Å². The summed E-state index contributed by atoms with van der Waals surface area (Å²) in [5.74, 6) is -0.593. The molecule has 0 atom stereocenters. The summed E-state index contributed by atoms with van der Waals surface area (Å²) in [5.41, 5.74) is 4.18. The van der Waals surface area contributed by atoms with Crippen LogP contribution in [-0.4, -0.2) is 32.0 Å². The predicted molar refractivity (Wildman–Crippen MR) is 104 cm³/mol. The van der Waals surface area contributed by atoms with E-state index in [1.165, 1.54) is 19.5 Å². The van der Waals surface area contributed by atoms with Gasteiger partial charge in [0.05, 0.1) is 19.0 Å². The van der Waals surface area contributed by atoms with Crippen molar-refractivity contribution in [1.82, 2.24) is 24.9 Å². The minimum atomic E-state index is -0.518. The maximum absolute atomic E-state index is 14.6. The van der Waals surface area contributed by atoms with Crippen LogP contribution in [0.4, 0.5) is 8.78 Å². The molecule has 6 nitrogen and oxygen atoms in total. The molecule has 29 heavy (non-hydrogen) atoms. The van der Waals surface area contributed by atoms with Gasteiger partial charge in [-0.1, -0.05) is 6.07 Å². The third-order valence-corrected chi connectivity index (χ3v) is 4.84. The number of aryl methyl sites for hydroxylation is 3. The van der Waals surface area contributed by atoms with Crippen LogP contribution in [0, 0.1) is 18.7 Å². The molecule has 4 aromatic rings. The minimum Gasteiger partial charge on any atom is -0.481 e. The molecule has 148 valence electrons. The van der Waals surface area contributed by atoms with E-state index in [1.807, 2.05) is 13.1 Å². The summed E-state index contributed by atoms with van der Waals surface area (Å²) in [4.78, 5) is 19.5. The Morgan fingerprint density at radius 3 is 2.69 bits per heavy atom. The molecule has 0 fully saturated rings. The molecule has 0 aliphatic carbocycles. The van der Waals surface area contributed by atoms with Crippen LogP contribution in [0.5, 0.6) is 5.88 Å². The average molecular weight is 395 g/mol. The molecule has 4 heterocycles. The van der Waals surface area contributed by atoms with Crippen LogP contribution in [0.15, 0.2) is 36.9 Å². The number of hydrogen-bond acceptors (Lipinski definition) is 5. The van der Waals surface area contributed by atoms with Crippen LogP contribution in [-0.2, 0) is 19.3 Å². The van der Waals surface area contributed by atoms with Crippen molar-refractivity contribution in [3.05, 3.63) is 76.8 Å². The maximum atomic E-state index is 14.6. The third-order valence-electron chi connectivity index (χ3n) is 4.84. The number of methoxy groups -OCH3 is 1. The fraction of sp³-hybridized carbons (Fsp3) is 0.238. The number of hydrogen-bond donors (Lipinski definition) is 1. The number of fused-ring (bicyclic) bond motifs is 1. The molecule has 0 bridgehead atoms. The van der Waals surface area contributed by atoms with Gasteiger partial charge in [0.1, 0.15) is 17.8 Å². The first kappa shape index (κ1) is 18.9. The first-order valence-electron chi connectivity index (χ1n) is 9.15. The zero-order valence-electron chi connectivity index (χ0n) is 16.0. The minimum absolute atomic E-state index is 0.361. The summed E-state index contributed by atoms with van der Waals surface area (Å²) in [6.45, 7) is 1.90. The average Bonchev–Trinajstić information content (AvgIpc) is 3.12. The summed E-state index contributed by atoms with van der Waals surface area (Å²) < 4.78 is 33.2. The van der Waals surface area contributed by atoms with Gasteiger partial charge < -0.3 is 9.72 Å². The highest BCUT2D eigenvalue weighted by molar-refractivity contribution is 5.82. The van der Waals surface area contributed by atoms with E-state index in [0.29, 0.717) is 42.0 Å². The van der Waals surface area contributed by atoms with E-state index in [2.05, 4.69) is 24.9 Å². The second kappa shape index (κ2) is 7.90. The lowest BCUT2D eigenvalue weighted by atomic mass is 10.0. The summed E-state index contributed by atoms with van der Waals surface area (Å²) in [5, 5.41) is 0.904. The van der Waals surface area contributed by atoms with Crippen molar-refractivity contribution in [1.29, 1.82) is 0 Å². The molecule has 1 N–H and O–H groups in total. The number of pyridine rings is 2. The Kier molecular flexibility index (Phi) is 5.16. The fourth-order valence-corrected chi connectivity index (χ4v) is 3.41. The van der Waals surface area contributed by atoms with Gasteiger partial charge in [0.2, 0.25) is 11.8 Å². The van der Waals surface area contributed by atoms with Gasteiger partial charge in [-0.15, -0.1) is 0 Å². The van der Waals surface area contributed by atoms with E-state index in [4.69, 9.17) is 4.74 Å². The number of H-pyrrole nitrogens is 1. The first-order valence-corrected chi connectivity index (χ1v) is 9.15. The normalized spacial score (nSPS) is 11.2. The summed E-state index contributed by atoms with van der Waals surface area (Å²) in [6.07, 6.45) is 5.69. The fourth-order valence-electron chi connectivity index (χ4n) is 3.41.